The molecule has 0 spiro atoms. The van der Waals surface area contributed by atoms with Gasteiger partial charge in [-0.2, -0.15) is 13.2 Å². The number of nitrogens with zero attached hydrogens (tertiary/aromatic N) is 1. The Hall–Kier alpha value is -0.950. The second-order valence-electron chi connectivity index (χ2n) is 4.97. The predicted octanol–water partition coefficient (Wildman–Crippen LogP) is 4.08. The number of aromatic nitrogens is 1. The minimum Gasteiger partial charge on any atom is -0.370 e. The first-order chi connectivity index (χ1) is 9.39. The summed E-state index contributed by atoms with van der Waals surface area (Å²) in [5.41, 5.74) is -0.980. The zero-order valence-corrected chi connectivity index (χ0v) is 11.9. The first-order valence-electron chi connectivity index (χ1n) is 6.52. The van der Waals surface area contributed by atoms with Crippen LogP contribution in [0.5, 0.6) is 0 Å². The molecule has 0 aliphatic heterocycles. The Balaban J connectivity index is 2.26. The van der Waals surface area contributed by atoms with E-state index >= 15 is 0 Å². The molecule has 1 aliphatic rings. The number of hydrogen-bond donors (Lipinski definition) is 0. The van der Waals surface area contributed by atoms with E-state index in [1.165, 1.54) is 7.11 Å². The number of thiazole rings is 1. The Bertz CT molecular complexity index is 476. The average Bonchev–Trinajstić information content (AvgIpc) is 2.77. The summed E-state index contributed by atoms with van der Waals surface area (Å²) in [4.78, 5) is 15.9. The standard InChI is InChI=1S/C13H16F3NO2S/c1-19-12(6-4-2-3-5-7-12)10(18)9-8-17-11(20-9)13(14,15)16/h8H,2-7H2,1H3. The summed E-state index contributed by atoms with van der Waals surface area (Å²) < 4.78 is 43.1. The van der Waals surface area contributed by atoms with Crippen molar-refractivity contribution in [3.63, 3.8) is 0 Å². The third-order valence-electron chi connectivity index (χ3n) is 3.69. The Morgan fingerprint density at radius 2 is 1.90 bits per heavy atom. The summed E-state index contributed by atoms with van der Waals surface area (Å²) in [7, 11) is 1.45. The molecule has 0 amide bonds. The van der Waals surface area contributed by atoms with Gasteiger partial charge in [0.25, 0.3) is 0 Å². The molecule has 0 radical (unpaired) electrons. The highest BCUT2D eigenvalue weighted by atomic mass is 32.1. The number of Topliss-reactive ketones (excluding diaryl/α,β-unsaturated/α-hetero) is 1. The van der Waals surface area contributed by atoms with Crippen LogP contribution in [-0.2, 0) is 10.9 Å². The van der Waals surface area contributed by atoms with Crippen LogP contribution in [0.4, 0.5) is 13.2 Å². The quantitative estimate of drug-likeness (QED) is 0.624. The van der Waals surface area contributed by atoms with E-state index in [1.54, 1.807) is 0 Å². The molecule has 1 aliphatic carbocycles. The molecule has 0 aromatic carbocycles. The summed E-state index contributed by atoms with van der Waals surface area (Å²) in [6, 6.07) is 0. The van der Waals surface area contributed by atoms with Gasteiger partial charge in [-0.25, -0.2) is 4.98 Å². The van der Waals surface area contributed by atoms with Crippen molar-refractivity contribution in [3.05, 3.63) is 16.1 Å². The zero-order valence-electron chi connectivity index (χ0n) is 11.1. The van der Waals surface area contributed by atoms with E-state index in [9.17, 15) is 18.0 Å². The van der Waals surface area contributed by atoms with Crippen LogP contribution < -0.4 is 0 Å². The minimum atomic E-state index is -4.51. The van der Waals surface area contributed by atoms with Crippen LogP contribution in [0.2, 0.25) is 0 Å². The first kappa shape index (κ1) is 15.4. The normalized spacial score (nSPS) is 19.6. The van der Waals surface area contributed by atoms with Crippen LogP contribution in [0.25, 0.3) is 0 Å². The summed E-state index contributed by atoms with van der Waals surface area (Å²) in [6.07, 6.45) is 1.37. The maximum Gasteiger partial charge on any atom is 0.443 e. The fourth-order valence-corrected chi connectivity index (χ4v) is 3.37. The molecular formula is C13H16F3NO2S. The van der Waals surface area contributed by atoms with Gasteiger partial charge < -0.3 is 4.74 Å². The van der Waals surface area contributed by atoms with Crippen molar-refractivity contribution in [2.24, 2.45) is 0 Å². The van der Waals surface area contributed by atoms with Crippen molar-refractivity contribution in [1.29, 1.82) is 0 Å². The van der Waals surface area contributed by atoms with Gasteiger partial charge in [-0.15, -0.1) is 11.3 Å². The van der Waals surface area contributed by atoms with Crippen LogP contribution in [0.3, 0.4) is 0 Å². The third kappa shape index (κ3) is 3.03. The van der Waals surface area contributed by atoms with E-state index in [-0.39, 0.29) is 10.7 Å². The lowest BCUT2D eigenvalue weighted by Crippen LogP contribution is -2.40. The lowest BCUT2D eigenvalue weighted by Gasteiger charge is -2.29. The number of carbonyl (C=O) groups is 1. The molecule has 0 unspecified atom stereocenters. The topological polar surface area (TPSA) is 39.2 Å². The molecule has 0 atom stereocenters. The maximum atomic E-state index is 12.6. The lowest BCUT2D eigenvalue weighted by molar-refractivity contribution is -0.137. The van der Waals surface area contributed by atoms with Gasteiger partial charge in [0.15, 0.2) is 5.01 Å². The third-order valence-corrected chi connectivity index (χ3v) is 4.73. The molecule has 0 bridgehead atoms. The van der Waals surface area contributed by atoms with Gasteiger partial charge in [0.05, 0.1) is 4.88 Å². The molecule has 112 valence electrons. The van der Waals surface area contributed by atoms with Crippen molar-refractivity contribution < 1.29 is 22.7 Å². The second-order valence-corrected chi connectivity index (χ2v) is 6.00. The SMILES string of the molecule is COC1(C(=O)c2cnc(C(F)(F)F)s2)CCCCCC1. The number of rotatable bonds is 3. The van der Waals surface area contributed by atoms with Gasteiger partial charge in [-0.3, -0.25) is 4.79 Å². The van der Waals surface area contributed by atoms with Gasteiger partial charge in [0.2, 0.25) is 5.78 Å². The highest BCUT2D eigenvalue weighted by Gasteiger charge is 2.42. The maximum absolute atomic E-state index is 12.6. The van der Waals surface area contributed by atoms with Gasteiger partial charge in [0, 0.05) is 13.3 Å². The van der Waals surface area contributed by atoms with Crippen molar-refractivity contribution in [2.75, 3.05) is 7.11 Å². The van der Waals surface area contributed by atoms with Crippen LogP contribution in [0, 0.1) is 0 Å². The van der Waals surface area contributed by atoms with E-state index in [1.807, 2.05) is 0 Å². The van der Waals surface area contributed by atoms with E-state index in [4.69, 9.17) is 4.74 Å². The number of ketones is 1. The smallest absolute Gasteiger partial charge is 0.370 e. The first-order valence-corrected chi connectivity index (χ1v) is 7.34. The van der Waals surface area contributed by atoms with Crippen molar-refractivity contribution in [3.8, 4) is 0 Å². The van der Waals surface area contributed by atoms with E-state index in [0.29, 0.717) is 24.2 Å². The summed E-state index contributed by atoms with van der Waals surface area (Å²) in [5.74, 6) is -0.366. The Labute approximate surface area is 119 Å². The average molecular weight is 307 g/mol. The number of carbonyl (C=O) groups excluding carboxylic acids is 1. The molecule has 0 N–H and O–H groups in total. The monoisotopic (exact) mass is 307 g/mol. The van der Waals surface area contributed by atoms with Crippen LogP contribution in [0.15, 0.2) is 6.20 Å². The van der Waals surface area contributed by atoms with Gasteiger partial charge in [-0.1, -0.05) is 25.7 Å². The molecule has 3 nitrogen and oxygen atoms in total. The molecule has 1 saturated carbocycles. The Morgan fingerprint density at radius 3 is 2.35 bits per heavy atom. The molecule has 0 saturated heterocycles. The number of ether oxygens (including phenoxy) is 1. The molecule has 1 fully saturated rings. The van der Waals surface area contributed by atoms with E-state index in [2.05, 4.69) is 4.98 Å². The second kappa shape index (κ2) is 5.81. The van der Waals surface area contributed by atoms with Gasteiger partial charge in [-0.05, 0) is 12.8 Å². The van der Waals surface area contributed by atoms with E-state index in [0.717, 1.165) is 31.9 Å². The Morgan fingerprint density at radius 1 is 1.30 bits per heavy atom. The molecular weight excluding hydrogens is 291 g/mol. The summed E-state index contributed by atoms with van der Waals surface area (Å²) in [6.45, 7) is 0. The van der Waals surface area contributed by atoms with Gasteiger partial charge in [0.1, 0.15) is 5.60 Å². The fraction of sp³-hybridized carbons (Fsp3) is 0.692. The van der Waals surface area contributed by atoms with Crippen molar-refractivity contribution >= 4 is 17.1 Å². The Kier molecular flexibility index (Phi) is 4.49. The molecule has 1 heterocycles. The molecule has 2 rings (SSSR count). The van der Waals surface area contributed by atoms with Gasteiger partial charge >= 0.3 is 6.18 Å². The number of alkyl halides is 3. The minimum absolute atomic E-state index is 0.0288. The number of halogens is 3. The van der Waals surface area contributed by atoms with Crippen molar-refractivity contribution in [2.45, 2.75) is 50.3 Å². The molecule has 1 aromatic heterocycles. The highest BCUT2D eigenvalue weighted by molar-refractivity contribution is 7.13. The molecule has 1 aromatic rings. The van der Waals surface area contributed by atoms with Crippen LogP contribution in [0.1, 0.15) is 53.2 Å². The molecule has 20 heavy (non-hydrogen) atoms. The predicted molar refractivity (Wildman–Crippen MR) is 68.9 cm³/mol. The van der Waals surface area contributed by atoms with Crippen LogP contribution in [-0.4, -0.2) is 23.5 Å². The summed E-state index contributed by atoms with van der Waals surface area (Å²) in [5, 5.41) is -0.985. The number of hydrogen-bond acceptors (Lipinski definition) is 4. The highest BCUT2D eigenvalue weighted by Crippen LogP contribution is 2.37. The number of methoxy groups -OCH3 is 1. The summed E-state index contributed by atoms with van der Waals surface area (Å²) >= 11 is 0.397. The zero-order chi connectivity index (χ0) is 14.8. The van der Waals surface area contributed by atoms with E-state index < -0.39 is 16.8 Å². The molecule has 7 heteroatoms. The largest absolute Gasteiger partial charge is 0.443 e. The van der Waals surface area contributed by atoms with Crippen molar-refractivity contribution in [1.82, 2.24) is 4.98 Å². The fourth-order valence-electron chi connectivity index (χ4n) is 2.56. The lowest BCUT2D eigenvalue weighted by atomic mass is 9.89. The van der Waals surface area contributed by atoms with Crippen LogP contribution >= 0.6 is 11.3 Å².